The Bertz CT molecular complexity index is 958. The number of ether oxygens (including phenoxy) is 1. The van der Waals surface area contributed by atoms with Crippen LogP contribution in [0, 0.1) is 0 Å². The van der Waals surface area contributed by atoms with Gasteiger partial charge in [0.15, 0.2) is 0 Å². The first kappa shape index (κ1) is 19.1. The van der Waals surface area contributed by atoms with Gasteiger partial charge in [-0.2, -0.15) is 9.40 Å². The number of hydrogen-bond donors (Lipinski definition) is 1. The van der Waals surface area contributed by atoms with E-state index >= 15 is 0 Å². The van der Waals surface area contributed by atoms with Crippen LogP contribution in [0.1, 0.15) is 40.5 Å². The van der Waals surface area contributed by atoms with Crippen LogP contribution in [0.4, 0.5) is 0 Å². The van der Waals surface area contributed by atoms with E-state index < -0.39 is 10.0 Å². The van der Waals surface area contributed by atoms with Crippen LogP contribution in [0.5, 0.6) is 0 Å². The molecule has 4 rings (SSSR count). The van der Waals surface area contributed by atoms with E-state index in [0.717, 1.165) is 5.69 Å². The quantitative estimate of drug-likeness (QED) is 0.782. The summed E-state index contributed by atoms with van der Waals surface area (Å²) < 4.78 is 33.8. The highest BCUT2D eigenvalue weighted by Crippen LogP contribution is 2.39. The first-order valence-electron chi connectivity index (χ1n) is 9.44. The van der Waals surface area contributed by atoms with Gasteiger partial charge in [0, 0.05) is 37.3 Å². The lowest BCUT2D eigenvalue weighted by atomic mass is 10.2. The third-order valence-corrected chi connectivity index (χ3v) is 7.03. The SMILES string of the molecule is Cn1nc(CNC(=O)c2ccc(S(=O)(=O)N3CCOCC3)cc2)cc1C1CC1. The molecule has 0 bridgehead atoms. The fourth-order valence-corrected chi connectivity index (χ4v) is 4.79. The molecule has 1 N–H and O–H groups in total. The van der Waals surface area contributed by atoms with Crippen molar-refractivity contribution in [1.29, 1.82) is 0 Å². The van der Waals surface area contributed by atoms with E-state index in [1.54, 1.807) is 0 Å². The van der Waals surface area contributed by atoms with Crippen LogP contribution >= 0.6 is 0 Å². The van der Waals surface area contributed by atoms with Crippen molar-refractivity contribution in [2.45, 2.75) is 30.2 Å². The van der Waals surface area contributed by atoms with Crippen LogP contribution in [0.15, 0.2) is 35.2 Å². The van der Waals surface area contributed by atoms with Crippen molar-refractivity contribution in [3.8, 4) is 0 Å². The van der Waals surface area contributed by atoms with Gasteiger partial charge in [0.2, 0.25) is 10.0 Å². The number of morpholine rings is 1. The Hall–Kier alpha value is -2.23. The summed E-state index contributed by atoms with van der Waals surface area (Å²) in [6, 6.07) is 8.07. The molecule has 2 heterocycles. The van der Waals surface area contributed by atoms with E-state index in [2.05, 4.69) is 10.4 Å². The summed E-state index contributed by atoms with van der Waals surface area (Å²) in [5.74, 6) is 0.344. The largest absolute Gasteiger partial charge is 0.379 e. The average Bonchev–Trinajstić information content (AvgIpc) is 3.49. The minimum absolute atomic E-state index is 0.185. The molecule has 0 unspecified atom stereocenters. The molecule has 0 spiro atoms. The molecule has 150 valence electrons. The first-order chi connectivity index (χ1) is 13.4. The number of carbonyl (C=O) groups excluding carboxylic acids is 1. The minimum Gasteiger partial charge on any atom is -0.379 e. The van der Waals surface area contributed by atoms with E-state index in [1.807, 2.05) is 17.8 Å². The first-order valence-corrected chi connectivity index (χ1v) is 10.9. The Balaban J connectivity index is 1.39. The lowest BCUT2D eigenvalue weighted by Crippen LogP contribution is -2.40. The fraction of sp³-hybridized carbons (Fsp3) is 0.474. The summed E-state index contributed by atoms with van der Waals surface area (Å²) >= 11 is 0. The zero-order valence-corrected chi connectivity index (χ0v) is 16.6. The number of sulfonamides is 1. The number of amides is 1. The van der Waals surface area contributed by atoms with Gasteiger partial charge in [-0.15, -0.1) is 0 Å². The van der Waals surface area contributed by atoms with Gasteiger partial charge in [-0.3, -0.25) is 9.48 Å². The summed E-state index contributed by atoms with van der Waals surface area (Å²) in [5.41, 5.74) is 2.45. The molecule has 1 aliphatic heterocycles. The third kappa shape index (κ3) is 3.96. The molecule has 2 aliphatic rings. The molecule has 9 heteroatoms. The summed E-state index contributed by atoms with van der Waals surface area (Å²) in [4.78, 5) is 12.6. The molecule has 1 aromatic carbocycles. The van der Waals surface area contributed by atoms with Gasteiger partial charge in [0.1, 0.15) is 0 Å². The zero-order valence-electron chi connectivity index (χ0n) is 15.8. The van der Waals surface area contributed by atoms with Crippen LogP contribution in [0.25, 0.3) is 0 Å². The van der Waals surface area contributed by atoms with E-state index in [4.69, 9.17) is 4.74 Å². The molecule has 1 aromatic heterocycles. The lowest BCUT2D eigenvalue weighted by Gasteiger charge is -2.26. The lowest BCUT2D eigenvalue weighted by molar-refractivity contribution is 0.0730. The number of nitrogens with zero attached hydrogens (tertiary/aromatic N) is 3. The van der Waals surface area contributed by atoms with Crippen molar-refractivity contribution in [2.75, 3.05) is 26.3 Å². The van der Waals surface area contributed by atoms with Gasteiger partial charge in [0.05, 0.1) is 30.3 Å². The standard InChI is InChI=1S/C19H24N4O4S/c1-22-18(14-2-3-14)12-16(21-22)13-20-19(24)15-4-6-17(7-5-15)28(25,26)23-8-10-27-11-9-23/h4-7,12,14H,2-3,8-11,13H2,1H3,(H,20,24). The number of carbonyl (C=O) groups is 1. The Morgan fingerprint density at radius 3 is 2.54 bits per heavy atom. The molecule has 2 aromatic rings. The van der Waals surface area contributed by atoms with E-state index in [9.17, 15) is 13.2 Å². The second kappa shape index (κ2) is 7.65. The number of benzene rings is 1. The number of rotatable bonds is 6. The predicted molar refractivity (Wildman–Crippen MR) is 102 cm³/mol. The van der Waals surface area contributed by atoms with Crippen molar-refractivity contribution in [3.63, 3.8) is 0 Å². The van der Waals surface area contributed by atoms with Gasteiger partial charge in [-0.1, -0.05) is 0 Å². The van der Waals surface area contributed by atoms with Crippen molar-refractivity contribution < 1.29 is 17.9 Å². The third-order valence-electron chi connectivity index (χ3n) is 5.12. The van der Waals surface area contributed by atoms with Crippen LogP contribution in [-0.4, -0.2) is 54.7 Å². The van der Waals surface area contributed by atoms with Crippen molar-refractivity contribution in [2.24, 2.45) is 7.05 Å². The maximum atomic E-state index is 12.6. The van der Waals surface area contributed by atoms with Crippen LogP contribution < -0.4 is 5.32 Å². The van der Waals surface area contributed by atoms with Crippen molar-refractivity contribution in [3.05, 3.63) is 47.3 Å². The van der Waals surface area contributed by atoms with Crippen LogP contribution in [-0.2, 0) is 28.4 Å². The molecule has 8 nitrogen and oxygen atoms in total. The number of nitrogens with one attached hydrogen (secondary N) is 1. The number of aromatic nitrogens is 2. The molecule has 1 saturated carbocycles. The maximum Gasteiger partial charge on any atom is 0.251 e. The van der Waals surface area contributed by atoms with Gasteiger partial charge in [0.25, 0.3) is 5.91 Å². The number of hydrogen-bond acceptors (Lipinski definition) is 5. The molecular formula is C19H24N4O4S. The van der Waals surface area contributed by atoms with Crippen molar-refractivity contribution in [1.82, 2.24) is 19.4 Å². The van der Waals surface area contributed by atoms with Crippen molar-refractivity contribution >= 4 is 15.9 Å². The van der Waals surface area contributed by atoms with Crippen LogP contribution in [0.2, 0.25) is 0 Å². The summed E-state index contributed by atoms with van der Waals surface area (Å²) in [5, 5.41) is 7.29. The molecule has 28 heavy (non-hydrogen) atoms. The minimum atomic E-state index is -3.56. The highest BCUT2D eigenvalue weighted by atomic mass is 32.2. The molecule has 1 aliphatic carbocycles. The van der Waals surface area contributed by atoms with Gasteiger partial charge < -0.3 is 10.1 Å². The van der Waals surface area contributed by atoms with E-state index in [0.29, 0.717) is 44.3 Å². The van der Waals surface area contributed by atoms with E-state index in [1.165, 1.54) is 47.1 Å². The molecular weight excluding hydrogens is 380 g/mol. The Morgan fingerprint density at radius 2 is 1.89 bits per heavy atom. The highest BCUT2D eigenvalue weighted by Gasteiger charge is 2.28. The molecule has 1 amide bonds. The van der Waals surface area contributed by atoms with Gasteiger partial charge in [-0.05, 0) is 43.2 Å². The zero-order chi connectivity index (χ0) is 19.7. The number of aryl methyl sites for hydroxylation is 1. The monoisotopic (exact) mass is 404 g/mol. The molecule has 2 fully saturated rings. The summed E-state index contributed by atoms with van der Waals surface area (Å²) in [6.07, 6.45) is 2.40. The summed E-state index contributed by atoms with van der Waals surface area (Å²) in [6.45, 7) is 1.83. The fourth-order valence-electron chi connectivity index (χ4n) is 3.38. The smallest absolute Gasteiger partial charge is 0.251 e. The molecule has 0 radical (unpaired) electrons. The molecule has 1 saturated heterocycles. The van der Waals surface area contributed by atoms with Gasteiger partial charge >= 0.3 is 0 Å². The Morgan fingerprint density at radius 1 is 1.21 bits per heavy atom. The normalized spacial score (nSPS) is 18.2. The van der Waals surface area contributed by atoms with E-state index in [-0.39, 0.29) is 10.8 Å². The maximum absolute atomic E-state index is 12.6. The highest BCUT2D eigenvalue weighted by molar-refractivity contribution is 7.89. The van der Waals surface area contributed by atoms with Crippen LogP contribution in [0.3, 0.4) is 0 Å². The topological polar surface area (TPSA) is 93.5 Å². The Labute approximate surface area is 164 Å². The Kier molecular flexibility index (Phi) is 5.22. The average molecular weight is 404 g/mol. The predicted octanol–water partition coefficient (Wildman–Crippen LogP) is 1.25. The van der Waals surface area contributed by atoms with Gasteiger partial charge in [-0.25, -0.2) is 8.42 Å². The second-order valence-corrected chi connectivity index (χ2v) is 9.12. The molecule has 0 atom stereocenters. The summed E-state index contributed by atoms with van der Waals surface area (Å²) in [7, 11) is -1.63. The second-order valence-electron chi connectivity index (χ2n) is 7.18.